The lowest BCUT2D eigenvalue weighted by Crippen LogP contribution is -2.05. The number of hydrogen-bond acceptors (Lipinski definition) is 2. The molecule has 2 nitrogen and oxygen atoms in total. The van der Waals surface area contributed by atoms with Gasteiger partial charge in [-0.25, -0.2) is 4.79 Å². The van der Waals surface area contributed by atoms with Gasteiger partial charge >= 0.3 is 5.97 Å². The third-order valence-electron chi connectivity index (χ3n) is 2.30. The first-order chi connectivity index (χ1) is 7.63. The van der Waals surface area contributed by atoms with Gasteiger partial charge in [0.05, 0.1) is 5.56 Å². The standard InChI is InChI=1S/C14H18O2/c1-4-12-5-7-13(8-6-12)14(15)16-10-9-11(2)3/h5-9H,4,10H2,1-3H3. The zero-order valence-electron chi connectivity index (χ0n) is 10.1. The molecule has 0 amide bonds. The second kappa shape index (κ2) is 6.11. The minimum absolute atomic E-state index is 0.264. The normalized spacial score (nSPS) is 9.69. The van der Waals surface area contributed by atoms with Crippen LogP contribution in [0.2, 0.25) is 0 Å². The molecule has 0 bridgehead atoms. The maximum Gasteiger partial charge on any atom is 0.338 e. The minimum Gasteiger partial charge on any atom is -0.458 e. The van der Waals surface area contributed by atoms with E-state index < -0.39 is 0 Å². The molecule has 0 spiro atoms. The van der Waals surface area contributed by atoms with Crippen molar-refractivity contribution in [2.75, 3.05) is 6.61 Å². The third kappa shape index (κ3) is 3.89. The zero-order chi connectivity index (χ0) is 12.0. The minimum atomic E-state index is -0.264. The van der Waals surface area contributed by atoms with Gasteiger partial charge in [0.2, 0.25) is 0 Å². The van der Waals surface area contributed by atoms with Gasteiger partial charge in [0, 0.05) is 0 Å². The van der Waals surface area contributed by atoms with E-state index in [0.717, 1.165) is 12.0 Å². The highest BCUT2D eigenvalue weighted by Gasteiger charge is 2.05. The van der Waals surface area contributed by atoms with Gasteiger partial charge in [-0.3, -0.25) is 0 Å². The Morgan fingerprint density at radius 2 is 1.88 bits per heavy atom. The van der Waals surface area contributed by atoms with Crippen LogP contribution < -0.4 is 0 Å². The van der Waals surface area contributed by atoms with Crippen molar-refractivity contribution in [2.45, 2.75) is 27.2 Å². The summed E-state index contributed by atoms with van der Waals surface area (Å²) in [5, 5.41) is 0. The number of benzene rings is 1. The van der Waals surface area contributed by atoms with E-state index in [2.05, 4.69) is 6.92 Å². The smallest absolute Gasteiger partial charge is 0.338 e. The van der Waals surface area contributed by atoms with Gasteiger partial charge < -0.3 is 4.74 Å². The predicted octanol–water partition coefficient (Wildman–Crippen LogP) is 3.37. The van der Waals surface area contributed by atoms with E-state index in [4.69, 9.17) is 4.74 Å². The van der Waals surface area contributed by atoms with E-state index in [1.165, 1.54) is 5.56 Å². The van der Waals surface area contributed by atoms with Crippen LogP contribution in [-0.2, 0) is 11.2 Å². The van der Waals surface area contributed by atoms with E-state index in [1.54, 1.807) is 0 Å². The number of rotatable bonds is 4. The first-order valence-electron chi connectivity index (χ1n) is 5.53. The molecule has 0 saturated carbocycles. The van der Waals surface area contributed by atoms with Crippen molar-refractivity contribution in [1.29, 1.82) is 0 Å². The van der Waals surface area contributed by atoms with Crippen molar-refractivity contribution >= 4 is 5.97 Å². The maximum absolute atomic E-state index is 11.6. The fourth-order valence-corrected chi connectivity index (χ4v) is 1.24. The second-order valence-corrected chi connectivity index (χ2v) is 3.93. The average Bonchev–Trinajstić information content (AvgIpc) is 2.28. The molecule has 0 radical (unpaired) electrons. The molecule has 0 aliphatic heterocycles. The molecule has 0 aliphatic carbocycles. The van der Waals surface area contributed by atoms with E-state index in [0.29, 0.717) is 12.2 Å². The van der Waals surface area contributed by atoms with Crippen LogP contribution in [0.4, 0.5) is 0 Å². The molecular weight excluding hydrogens is 200 g/mol. The molecule has 0 fully saturated rings. The SMILES string of the molecule is CCc1ccc(C(=O)OCC=C(C)C)cc1. The average molecular weight is 218 g/mol. The van der Waals surface area contributed by atoms with Crippen molar-refractivity contribution < 1.29 is 9.53 Å². The maximum atomic E-state index is 11.6. The lowest BCUT2D eigenvalue weighted by Gasteiger charge is -2.03. The van der Waals surface area contributed by atoms with Crippen LogP contribution in [0.5, 0.6) is 0 Å². The molecule has 1 rings (SSSR count). The fraction of sp³-hybridized carbons (Fsp3) is 0.357. The first kappa shape index (κ1) is 12.5. The molecule has 0 aliphatic rings. The Hall–Kier alpha value is -1.57. The van der Waals surface area contributed by atoms with Crippen LogP contribution in [0, 0.1) is 0 Å². The van der Waals surface area contributed by atoms with E-state index >= 15 is 0 Å². The van der Waals surface area contributed by atoms with Gasteiger partial charge in [-0.2, -0.15) is 0 Å². The number of carbonyl (C=O) groups excluding carboxylic acids is 1. The van der Waals surface area contributed by atoms with Gasteiger partial charge in [-0.15, -0.1) is 0 Å². The summed E-state index contributed by atoms with van der Waals surface area (Å²) >= 11 is 0. The number of esters is 1. The predicted molar refractivity (Wildman–Crippen MR) is 65.5 cm³/mol. The second-order valence-electron chi connectivity index (χ2n) is 3.93. The Balaban J connectivity index is 2.56. The number of ether oxygens (including phenoxy) is 1. The van der Waals surface area contributed by atoms with Gasteiger partial charge in [-0.1, -0.05) is 24.6 Å². The van der Waals surface area contributed by atoms with Crippen LogP contribution in [0.1, 0.15) is 36.7 Å². The highest BCUT2D eigenvalue weighted by atomic mass is 16.5. The summed E-state index contributed by atoms with van der Waals surface area (Å²) in [5.41, 5.74) is 2.98. The van der Waals surface area contributed by atoms with Crippen LogP contribution in [0.25, 0.3) is 0 Å². The Morgan fingerprint density at radius 3 is 2.38 bits per heavy atom. The molecule has 0 aromatic heterocycles. The van der Waals surface area contributed by atoms with Gasteiger partial charge in [0.15, 0.2) is 0 Å². The van der Waals surface area contributed by atoms with Crippen LogP contribution in [0.15, 0.2) is 35.9 Å². The first-order valence-corrected chi connectivity index (χ1v) is 5.53. The molecule has 0 atom stereocenters. The quantitative estimate of drug-likeness (QED) is 0.572. The molecule has 0 N–H and O–H groups in total. The molecule has 0 unspecified atom stereocenters. The molecule has 0 heterocycles. The molecular formula is C14H18O2. The van der Waals surface area contributed by atoms with Crippen LogP contribution in [-0.4, -0.2) is 12.6 Å². The summed E-state index contributed by atoms with van der Waals surface area (Å²) in [7, 11) is 0. The molecule has 0 saturated heterocycles. The Morgan fingerprint density at radius 1 is 1.25 bits per heavy atom. The van der Waals surface area contributed by atoms with Crippen molar-refractivity contribution in [3.8, 4) is 0 Å². The van der Waals surface area contributed by atoms with Crippen LogP contribution >= 0.6 is 0 Å². The summed E-state index contributed by atoms with van der Waals surface area (Å²) in [6.45, 7) is 6.38. The summed E-state index contributed by atoms with van der Waals surface area (Å²) in [6.07, 6.45) is 2.87. The highest BCUT2D eigenvalue weighted by Crippen LogP contribution is 2.06. The molecule has 1 aromatic carbocycles. The lowest BCUT2D eigenvalue weighted by molar-refractivity contribution is 0.0549. The van der Waals surface area contributed by atoms with Gasteiger partial charge in [0.25, 0.3) is 0 Å². The van der Waals surface area contributed by atoms with Crippen molar-refractivity contribution in [3.63, 3.8) is 0 Å². The van der Waals surface area contributed by atoms with E-state index in [9.17, 15) is 4.79 Å². The molecule has 1 aromatic rings. The number of allylic oxidation sites excluding steroid dienone is 1. The highest BCUT2D eigenvalue weighted by molar-refractivity contribution is 5.89. The molecule has 16 heavy (non-hydrogen) atoms. The van der Waals surface area contributed by atoms with Crippen molar-refractivity contribution in [1.82, 2.24) is 0 Å². The number of aryl methyl sites for hydroxylation is 1. The topological polar surface area (TPSA) is 26.3 Å². The summed E-state index contributed by atoms with van der Waals surface area (Å²) in [5.74, 6) is -0.264. The third-order valence-corrected chi connectivity index (χ3v) is 2.30. The largest absolute Gasteiger partial charge is 0.458 e. The summed E-state index contributed by atoms with van der Waals surface area (Å²) in [4.78, 5) is 11.6. The van der Waals surface area contributed by atoms with E-state index in [1.807, 2.05) is 44.2 Å². The molecule has 86 valence electrons. The summed E-state index contributed by atoms with van der Waals surface area (Å²) < 4.78 is 5.10. The molecule has 2 heteroatoms. The van der Waals surface area contributed by atoms with Gasteiger partial charge in [-0.05, 0) is 44.0 Å². The number of hydrogen-bond donors (Lipinski definition) is 0. The lowest BCUT2D eigenvalue weighted by atomic mass is 10.1. The summed E-state index contributed by atoms with van der Waals surface area (Å²) in [6, 6.07) is 7.53. The number of carbonyl (C=O) groups is 1. The van der Waals surface area contributed by atoms with Gasteiger partial charge in [0.1, 0.15) is 6.61 Å². The zero-order valence-corrected chi connectivity index (χ0v) is 10.1. The van der Waals surface area contributed by atoms with Crippen molar-refractivity contribution in [2.24, 2.45) is 0 Å². The van der Waals surface area contributed by atoms with E-state index in [-0.39, 0.29) is 5.97 Å². The fourth-order valence-electron chi connectivity index (χ4n) is 1.24. The Kier molecular flexibility index (Phi) is 4.77. The Labute approximate surface area is 96.9 Å². The monoisotopic (exact) mass is 218 g/mol. The van der Waals surface area contributed by atoms with Crippen molar-refractivity contribution in [3.05, 3.63) is 47.0 Å². The Bertz CT molecular complexity index is 370. The van der Waals surface area contributed by atoms with Crippen LogP contribution in [0.3, 0.4) is 0 Å².